The fourth-order valence-electron chi connectivity index (χ4n) is 10.7. The van der Waals surface area contributed by atoms with Crippen molar-refractivity contribution < 1.29 is 84.9 Å². The number of amides is 1. The number of nitrogens with zero attached hydrogens (tertiary/aromatic N) is 7. The fourth-order valence-corrected chi connectivity index (χ4v) is 17.1. The number of aromatic nitrogens is 6. The van der Waals surface area contributed by atoms with Crippen LogP contribution in [0.4, 0.5) is 13.8 Å². The van der Waals surface area contributed by atoms with Gasteiger partial charge in [0, 0.05) is 38.8 Å². The summed E-state index contributed by atoms with van der Waals surface area (Å²) in [5.74, 6) is 0.333. The third-order valence-electron chi connectivity index (χ3n) is 16.8. The molecule has 644 valence electrons. The Bertz CT molecular complexity index is 5910. The van der Waals surface area contributed by atoms with Gasteiger partial charge in [-0.15, -0.1) is 68.0 Å². The van der Waals surface area contributed by atoms with Crippen molar-refractivity contribution in [3.05, 3.63) is 270 Å². The van der Waals surface area contributed by atoms with Gasteiger partial charge in [0.25, 0.3) is 10.9 Å². The number of benzene rings is 8. The van der Waals surface area contributed by atoms with E-state index in [2.05, 4.69) is 87.9 Å². The summed E-state index contributed by atoms with van der Waals surface area (Å²) in [7, 11) is 15.3. The predicted molar refractivity (Wildman–Crippen MR) is 494 cm³/mol. The van der Waals surface area contributed by atoms with Crippen LogP contribution >= 0.6 is 116 Å². The quantitative estimate of drug-likeness (QED) is 0.0204. The molecule has 8 aromatic carbocycles. The number of carbonyl (C=O) groups is 5. The monoisotopic (exact) mass is 1980 g/mol. The molecule has 0 atom stereocenters. The number of halogens is 5. The van der Waals surface area contributed by atoms with Crippen LogP contribution in [-0.2, 0) is 26.1 Å². The van der Waals surface area contributed by atoms with E-state index < -0.39 is 29.1 Å². The summed E-state index contributed by atoms with van der Waals surface area (Å²) in [4.78, 5) is 89.2. The molecule has 124 heavy (non-hydrogen) atoms. The van der Waals surface area contributed by atoms with Crippen LogP contribution < -0.4 is 43.6 Å². The molecule has 0 radical (unpaired) electrons. The van der Waals surface area contributed by atoms with Crippen LogP contribution in [0.25, 0.3) is 72.4 Å². The molecule has 0 saturated heterocycles. The van der Waals surface area contributed by atoms with Crippen LogP contribution in [0.15, 0.2) is 191 Å². The molecule has 14 rings (SSSR count). The summed E-state index contributed by atoms with van der Waals surface area (Å²) in [6.45, 7) is 14.7. The molecule has 0 aliphatic rings. The van der Waals surface area contributed by atoms with E-state index in [0.29, 0.717) is 64.4 Å². The summed E-state index contributed by atoms with van der Waals surface area (Å²) in [6, 6.07) is 54.1. The first-order chi connectivity index (χ1) is 59.7. The molecule has 24 nitrogen and oxygen atoms in total. The number of hydrogen-bond donors (Lipinski definition) is 1. The van der Waals surface area contributed by atoms with Gasteiger partial charge in [0.1, 0.15) is 82.9 Å². The first-order valence-electron chi connectivity index (χ1n) is 36.4. The molecule has 14 aromatic rings. The normalized spacial score (nSPS) is 10.2. The largest absolute Gasteiger partial charge is 0.497 e. The molecule has 2 N–H and O–H groups in total. The molecule has 0 unspecified atom stereocenters. The molecular formula is C89H81Br3F2N8O16S6. The first kappa shape index (κ1) is 97.7. The van der Waals surface area contributed by atoms with Gasteiger partial charge in [0.15, 0.2) is 17.3 Å². The van der Waals surface area contributed by atoms with Crippen molar-refractivity contribution in [3.8, 4) is 114 Å². The van der Waals surface area contributed by atoms with Crippen LogP contribution in [0, 0.1) is 45.9 Å². The molecule has 0 saturated carbocycles. The number of hydrogen-bond acceptors (Lipinski definition) is 28. The number of ether oxygens (including phenoxy) is 11. The number of carbonyl (C=O) groups excluding carboxylic acids is 5. The minimum Gasteiger partial charge on any atom is -0.497 e. The van der Waals surface area contributed by atoms with Gasteiger partial charge < -0.3 is 57.8 Å². The summed E-state index contributed by atoms with van der Waals surface area (Å²) in [6.07, 6.45) is 0. The van der Waals surface area contributed by atoms with Gasteiger partial charge in [-0.25, -0.2) is 52.9 Å². The van der Waals surface area contributed by atoms with Gasteiger partial charge in [-0.2, -0.15) is 0 Å². The molecule has 0 spiro atoms. The lowest BCUT2D eigenvalue weighted by Gasteiger charge is -2.08. The van der Waals surface area contributed by atoms with Crippen LogP contribution in [0.1, 0.15) is 79.8 Å². The Balaban J connectivity index is 0.000000183. The number of thiazole rings is 6. The van der Waals surface area contributed by atoms with Crippen LogP contribution in [0.2, 0.25) is 0 Å². The number of rotatable bonds is 23. The van der Waals surface area contributed by atoms with E-state index in [1.807, 2.05) is 149 Å². The fraction of sp³-hybridized carbons (Fsp3) is 0.191. The van der Waals surface area contributed by atoms with Crippen molar-refractivity contribution >= 4 is 150 Å². The maximum absolute atomic E-state index is 14.3. The Labute approximate surface area is 764 Å². The maximum atomic E-state index is 14.3. The van der Waals surface area contributed by atoms with Crippen molar-refractivity contribution in [2.75, 3.05) is 76.4 Å². The standard InChI is InChI=1S/C20H16F2N2O5S.C13H12BrNO3S.C13H13NO3S.C12H10N2OS.C11H10BrNOS.C11H11NOS.C9H9BrO2/c1-27-11-5-3-10(4-6-11)17-18(20(26)28-2)30-14(24-17)9-29-13-8-7-12(21)15(16(13)22)19(23)25;1-17-9-5-3-8(4-6-9)11-12(13(16)18-2)19-10(7-14)15-11;1-8-14-11(12(18-8)13(15)17-3)9-4-6-10(16-2)7-5-9;1-8-14-11(12(13-2)16-8)9-4-6-10(15-3)7-5-9;1-7-13-10(11(12)15-7)8-3-5-9(14-2)6-4-8;1-8-12-11(7-14-8)9-3-5-10(13-2)6-4-9;1-12-8-4-2-7(3-5-8)9(11)6-10/h3-8H,9H2,1-2H3,(H2,23,25);3-6H,7H2,1-2H3;4-7H,1-3H3;4-7H,1,3H3;3-6H,1-2H3;3-7H,1-2H3;2-5H,6H2,1H3. The summed E-state index contributed by atoms with van der Waals surface area (Å²) >= 11 is 18.4. The van der Waals surface area contributed by atoms with Crippen LogP contribution in [-0.4, -0.2) is 136 Å². The van der Waals surface area contributed by atoms with E-state index in [0.717, 1.165) is 132 Å². The van der Waals surface area contributed by atoms with Crippen molar-refractivity contribution in [1.29, 1.82) is 0 Å². The van der Waals surface area contributed by atoms with E-state index >= 15 is 0 Å². The third kappa shape index (κ3) is 27.4. The Kier molecular flexibility index (Phi) is 38.6. The molecule has 6 heterocycles. The molecular weight excluding hydrogens is 1910 g/mol. The summed E-state index contributed by atoms with van der Waals surface area (Å²) < 4.78 is 84.3. The second-order valence-corrected chi connectivity index (χ2v) is 34.0. The zero-order chi connectivity index (χ0) is 90.1. The average molecular weight is 1990 g/mol. The molecule has 6 aromatic heterocycles. The van der Waals surface area contributed by atoms with Crippen molar-refractivity contribution in [2.45, 2.75) is 39.6 Å². The molecule has 0 fully saturated rings. The number of esters is 3. The predicted octanol–water partition coefficient (Wildman–Crippen LogP) is 22.9. The summed E-state index contributed by atoms with van der Waals surface area (Å²) in [5, 5.41) is 8.76. The highest BCUT2D eigenvalue weighted by Gasteiger charge is 2.25. The van der Waals surface area contributed by atoms with Crippen molar-refractivity contribution in [2.24, 2.45) is 5.73 Å². The van der Waals surface area contributed by atoms with E-state index in [4.69, 9.17) is 64.4 Å². The van der Waals surface area contributed by atoms with E-state index in [1.165, 1.54) is 62.4 Å². The lowest BCUT2D eigenvalue weighted by Crippen LogP contribution is -2.16. The molecule has 35 heteroatoms. The van der Waals surface area contributed by atoms with Gasteiger partial charge in [0.2, 0.25) is 0 Å². The molecule has 0 aliphatic carbocycles. The number of Topliss-reactive ketones (excluding diaryl/α,β-unsaturated/α-hetero) is 1. The Morgan fingerprint density at radius 2 is 0.758 bits per heavy atom. The van der Waals surface area contributed by atoms with Gasteiger partial charge in [-0.05, 0) is 219 Å². The van der Waals surface area contributed by atoms with Gasteiger partial charge >= 0.3 is 17.9 Å². The minimum absolute atomic E-state index is 0.0812. The number of methoxy groups -OCH3 is 10. The van der Waals surface area contributed by atoms with E-state index in [-0.39, 0.29) is 35.0 Å². The number of aryl methyl sites for hydroxylation is 4. The van der Waals surface area contributed by atoms with Crippen LogP contribution in [0.5, 0.6) is 46.0 Å². The second kappa shape index (κ2) is 48.9. The first-order valence-corrected chi connectivity index (χ1v) is 44.4. The molecule has 0 aliphatic heterocycles. The van der Waals surface area contributed by atoms with Crippen molar-refractivity contribution in [1.82, 2.24) is 29.9 Å². The molecule has 1 amide bonds. The highest BCUT2D eigenvalue weighted by Crippen LogP contribution is 2.39. The average Bonchev–Trinajstić information content (AvgIpc) is 1.71. The van der Waals surface area contributed by atoms with E-state index in [1.54, 1.807) is 114 Å². The number of alkyl halides is 2. The number of primary amides is 1. The zero-order valence-corrected chi connectivity index (χ0v) is 78.8. The minimum atomic E-state index is -1.25. The lowest BCUT2D eigenvalue weighted by molar-refractivity contribution is 0.0598. The Hall–Kier alpha value is -11.7. The number of ketones is 1. The second-order valence-electron chi connectivity index (χ2n) is 24.7. The summed E-state index contributed by atoms with van der Waals surface area (Å²) in [5.41, 5.74) is 14.9. The highest BCUT2D eigenvalue weighted by atomic mass is 79.9. The third-order valence-corrected chi connectivity index (χ3v) is 24.5. The Morgan fingerprint density at radius 1 is 0.411 bits per heavy atom. The maximum Gasteiger partial charge on any atom is 0.350 e. The van der Waals surface area contributed by atoms with Gasteiger partial charge in [0.05, 0.1) is 146 Å². The van der Waals surface area contributed by atoms with E-state index in [9.17, 15) is 32.8 Å². The van der Waals surface area contributed by atoms with Crippen molar-refractivity contribution in [3.63, 3.8) is 0 Å². The molecule has 0 bridgehead atoms. The van der Waals surface area contributed by atoms with Crippen LogP contribution in [0.3, 0.4) is 0 Å². The lowest BCUT2D eigenvalue weighted by atomic mass is 10.1. The highest BCUT2D eigenvalue weighted by molar-refractivity contribution is 9.11. The number of nitrogens with two attached hydrogens (primary N) is 1. The topological polar surface area (TPSA) is 295 Å². The van der Waals surface area contributed by atoms with Gasteiger partial charge in [-0.3, -0.25) is 14.6 Å². The van der Waals surface area contributed by atoms with Gasteiger partial charge in [-0.1, -0.05) is 44.0 Å². The SMILES string of the molecule is COC(=O)c1sc(C)nc1-c1ccc(OC)cc1.COC(=O)c1sc(CBr)nc1-c1ccc(OC)cc1.COC(=O)c1sc(COc2ccc(F)c(C(N)=O)c2F)nc1-c1ccc(OC)cc1.COc1ccc(-c2csc(C)n2)cc1.COc1ccc(-c2nc(C)sc2Br)cc1.COc1ccc(C(=O)CBr)cc1.[C-]#[N+]c1sc(C)nc1-c1ccc(OC)cc1. The smallest absolute Gasteiger partial charge is 0.350 e. The Morgan fingerprint density at radius 3 is 1.12 bits per heavy atom. The zero-order valence-electron chi connectivity index (χ0n) is 69.1.